The van der Waals surface area contributed by atoms with Gasteiger partial charge in [-0.3, -0.25) is 19.2 Å². The second kappa shape index (κ2) is 15.6. The molecule has 18 heteroatoms. The highest BCUT2D eigenvalue weighted by molar-refractivity contribution is 5.96. The van der Waals surface area contributed by atoms with Gasteiger partial charge in [0.05, 0.1) is 25.4 Å². The fraction of sp³-hybridized carbons (Fsp3) is 0.517. The van der Waals surface area contributed by atoms with Crippen molar-refractivity contribution in [2.24, 2.45) is 0 Å². The van der Waals surface area contributed by atoms with Crippen LogP contribution >= 0.6 is 0 Å². The van der Waals surface area contributed by atoms with Crippen molar-refractivity contribution in [2.75, 3.05) is 45.9 Å². The lowest BCUT2D eigenvalue weighted by Gasteiger charge is -2.35. The van der Waals surface area contributed by atoms with Gasteiger partial charge in [0, 0.05) is 32.1 Å². The molecule has 256 valence electrons. The van der Waals surface area contributed by atoms with Crippen molar-refractivity contribution < 1.29 is 56.6 Å². The maximum Gasteiger partial charge on any atom is 0.527 e. The third kappa shape index (κ3) is 9.34. The quantitative estimate of drug-likeness (QED) is 0.317. The van der Waals surface area contributed by atoms with Gasteiger partial charge >= 0.3 is 18.3 Å². The number of halogens is 3. The molecule has 2 aliphatic rings. The van der Waals surface area contributed by atoms with Gasteiger partial charge in [-0.1, -0.05) is 18.2 Å². The molecular formula is C29H35F3N6O9. The van der Waals surface area contributed by atoms with Gasteiger partial charge in [-0.15, -0.1) is 5.06 Å². The van der Waals surface area contributed by atoms with Gasteiger partial charge in [0.15, 0.2) is 12.3 Å². The van der Waals surface area contributed by atoms with Crippen molar-refractivity contribution in [1.29, 1.82) is 0 Å². The standard InChI is InChI=1S/C29H35F3N6O9/c1-2-45-28(44)47-36-15-13-35(14-16-36)27(43)20(10-11-25(40)41)33-26(42)21-17-24(38(34-21)19-7-4-3-5-8-19)46-18-23(39)37-12-6-9-22(37)29(30,31)32/h3-5,7-8,17,20,22H,2,6,9-16,18H2,1H3,(H,33,42)(H,40,41)/t20-,22-/m0/s1. The molecular weight excluding hydrogens is 633 g/mol. The molecule has 0 spiro atoms. The van der Waals surface area contributed by atoms with Crippen molar-refractivity contribution in [3.05, 3.63) is 42.1 Å². The van der Waals surface area contributed by atoms with Crippen LogP contribution in [-0.4, -0.2) is 124 Å². The number of carbonyl (C=O) groups excluding carboxylic acids is 4. The number of hydrogen-bond acceptors (Lipinski definition) is 10. The third-order valence-corrected chi connectivity index (χ3v) is 7.47. The van der Waals surface area contributed by atoms with Crippen LogP contribution in [0.5, 0.6) is 5.88 Å². The molecule has 2 atom stereocenters. The minimum atomic E-state index is -4.58. The van der Waals surface area contributed by atoms with Crippen molar-refractivity contribution in [2.45, 2.75) is 50.9 Å². The Kier molecular flexibility index (Phi) is 11.6. The van der Waals surface area contributed by atoms with E-state index in [1.54, 1.807) is 37.3 Å². The summed E-state index contributed by atoms with van der Waals surface area (Å²) in [5, 5.41) is 17.3. The third-order valence-electron chi connectivity index (χ3n) is 7.47. The minimum absolute atomic E-state index is 0.0722. The number of amides is 3. The monoisotopic (exact) mass is 668 g/mol. The first-order valence-electron chi connectivity index (χ1n) is 14.9. The van der Waals surface area contributed by atoms with Crippen LogP contribution < -0.4 is 10.1 Å². The van der Waals surface area contributed by atoms with E-state index >= 15 is 0 Å². The Morgan fingerprint density at radius 3 is 2.40 bits per heavy atom. The first-order valence-corrected chi connectivity index (χ1v) is 14.9. The molecule has 0 unspecified atom stereocenters. The van der Waals surface area contributed by atoms with Gasteiger partial charge in [-0.25, -0.2) is 9.48 Å². The number of carboxylic acid groups (broad SMARTS) is 1. The van der Waals surface area contributed by atoms with E-state index < -0.39 is 61.1 Å². The van der Waals surface area contributed by atoms with Crippen LogP contribution in [0.3, 0.4) is 0 Å². The Labute approximate surface area is 267 Å². The second-order valence-electron chi connectivity index (χ2n) is 10.7. The number of ether oxygens (including phenoxy) is 2. The Hall–Kier alpha value is -4.87. The molecule has 47 heavy (non-hydrogen) atoms. The van der Waals surface area contributed by atoms with E-state index in [4.69, 9.17) is 14.3 Å². The summed E-state index contributed by atoms with van der Waals surface area (Å²) in [5.41, 5.74) is 0.149. The zero-order valence-corrected chi connectivity index (χ0v) is 25.5. The Morgan fingerprint density at radius 2 is 1.77 bits per heavy atom. The number of piperazine rings is 1. The normalized spacial score (nSPS) is 17.6. The van der Waals surface area contributed by atoms with Crippen LogP contribution in [0.1, 0.15) is 43.1 Å². The molecule has 2 N–H and O–H groups in total. The number of carboxylic acids is 1. The number of nitrogens with one attached hydrogen (secondary N) is 1. The summed E-state index contributed by atoms with van der Waals surface area (Å²) in [7, 11) is 0. The smallest absolute Gasteiger partial charge is 0.481 e. The van der Waals surface area contributed by atoms with Crippen LogP contribution in [-0.2, 0) is 24.0 Å². The highest BCUT2D eigenvalue weighted by atomic mass is 19.4. The lowest BCUT2D eigenvalue weighted by molar-refractivity contribution is -0.183. The fourth-order valence-corrected chi connectivity index (χ4v) is 5.18. The number of alkyl halides is 3. The molecule has 1 aromatic carbocycles. The Balaban J connectivity index is 1.48. The molecule has 1 aromatic heterocycles. The largest absolute Gasteiger partial charge is 0.527 e. The average molecular weight is 669 g/mol. The summed E-state index contributed by atoms with van der Waals surface area (Å²) in [6.07, 6.45) is -6.16. The molecule has 0 aliphatic carbocycles. The summed E-state index contributed by atoms with van der Waals surface area (Å²) in [6, 6.07) is 6.29. The lowest BCUT2D eigenvalue weighted by Crippen LogP contribution is -2.55. The number of benzene rings is 1. The van der Waals surface area contributed by atoms with Gasteiger partial charge in [0.2, 0.25) is 11.8 Å². The minimum Gasteiger partial charge on any atom is -0.481 e. The first-order chi connectivity index (χ1) is 22.4. The molecule has 0 radical (unpaired) electrons. The Morgan fingerprint density at radius 1 is 1.06 bits per heavy atom. The highest BCUT2D eigenvalue weighted by Gasteiger charge is 2.47. The number of aromatic nitrogens is 2. The number of nitrogens with zero attached hydrogens (tertiary/aromatic N) is 5. The molecule has 2 saturated heterocycles. The fourth-order valence-electron chi connectivity index (χ4n) is 5.18. The lowest BCUT2D eigenvalue weighted by atomic mass is 10.1. The molecule has 4 rings (SSSR count). The molecule has 3 heterocycles. The molecule has 3 amide bonds. The maximum absolute atomic E-state index is 13.4. The van der Waals surface area contributed by atoms with Crippen molar-refractivity contribution in [3.63, 3.8) is 0 Å². The van der Waals surface area contributed by atoms with Crippen LogP contribution in [0, 0.1) is 0 Å². The van der Waals surface area contributed by atoms with Gasteiger partial charge < -0.3 is 34.5 Å². The molecule has 15 nitrogen and oxygen atoms in total. The number of aliphatic carboxylic acids is 1. The summed E-state index contributed by atoms with van der Waals surface area (Å²) in [6.45, 7) is 1.43. The van der Waals surface area contributed by atoms with Crippen LogP contribution in [0.4, 0.5) is 18.0 Å². The number of hydroxylamine groups is 2. The van der Waals surface area contributed by atoms with E-state index in [9.17, 15) is 42.3 Å². The Bertz CT molecular complexity index is 1430. The number of carbonyl (C=O) groups is 5. The van der Waals surface area contributed by atoms with Crippen molar-refractivity contribution >= 4 is 29.8 Å². The highest BCUT2D eigenvalue weighted by Crippen LogP contribution is 2.32. The topological polar surface area (TPSA) is 173 Å². The van der Waals surface area contributed by atoms with Crippen LogP contribution in [0.25, 0.3) is 5.69 Å². The molecule has 2 aliphatic heterocycles. The number of hydrogen-bond donors (Lipinski definition) is 2. The molecule has 2 fully saturated rings. The second-order valence-corrected chi connectivity index (χ2v) is 10.7. The predicted octanol–water partition coefficient (Wildman–Crippen LogP) is 2.00. The zero-order valence-electron chi connectivity index (χ0n) is 25.5. The van der Waals surface area contributed by atoms with E-state index in [0.29, 0.717) is 5.69 Å². The van der Waals surface area contributed by atoms with Crippen molar-refractivity contribution in [1.82, 2.24) is 30.0 Å². The van der Waals surface area contributed by atoms with Crippen LogP contribution in [0.2, 0.25) is 0 Å². The molecule has 0 bridgehead atoms. The van der Waals surface area contributed by atoms with Gasteiger partial charge in [-0.2, -0.15) is 18.3 Å². The van der Waals surface area contributed by atoms with E-state index in [1.807, 2.05) is 0 Å². The first kappa shape index (κ1) is 35.0. The average Bonchev–Trinajstić information content (AvgIpc) is 3.71. The number of rotatable bonds is 12. The van der Waals surface area contributed by atoms with E-state index in [1.165, 1.54) is 20.7 Å². The number of para-hydroxylation sites is 1. The number of likely N-dealkylation sites (tertiary alicyclic amines) is 1. The summed E-state index contributed by atoms with van der Waals surface area (Å²) < 4.78 is 51.7. The predicted molar refractivity (Wildman–Crippen MR) is 154 cm³/mol. The SMILES string of the molecule is CCOC(=O)ON1CCN(C(=O)[C@H](CCC(=O)O)NC(=O)c2cc(OCC(=O)N3CCC[C@H]3C(F)(F)F)n(-c3ccccc3)n2)CC1. The zero-order chi connectivity index (χ0) is 34.1. The molecule has 0 saturated carbocycles. The van der Waals surface area contributed by atoms with E-state index in [2.05, 4.69) is 10.4 Å². The van der Waals surface area contributed by atoms with E-state index in [-0.39, 0.29) is 70.2 Å². The van der Waals surface area contributed by atoms with Gasteiger partial charge in [0.25, 0.3) is 11.8 Å². The van der Waals surface area contributed by atoms with Gasteiger partial charge in [-0.05, 0) is 38.3 Å². The van der Waals surface area contributed by atoms with Crippen molar-refractivity contribution in [3.8, 4) is 11.6 Å². The maximum atomic E-state index is 13.4. The van der Waals surface area contributed by atoms with E-state index in [0.717, 1.165) is 4.90 Å². The summed E-state index contributed by atoms with van der Waals surface area (Å²) in [5.74, 6) is -3.62. The summed E-state index contributed by atoms with van der Waals surface area (Å²) in [4.78, 5) is 69.6. The van der Waals surface area contributed by atoms with Gasteiger partial charge in [0.1, 0.15) is 12.1 Å². The summed E-state index contributed by atoms with van der Waals surface area (Å²) >= 11 is 0. The van der Waals surface area contributed by atoms with Crippen LogP contribution in [0.15, 0.2) is 36.4 Å². The molecule has 2 aromatic rings.